The van der Waals surface area contributed by atoms with Crippen molar-refractivity contribution in [1.29, 1.82) is 0 Å². The fraction of sp³-hybridized carbons (Fsp3) is 1.00. The molecule has 2 N–H and O–H groups in total. The van der Waals surface area contributed by atoms with Gasteiger partial charge in [0.25, 0.3) is 0 Å². The number of alkyl halides is 6. The summed E-state index contributed by atoms with van der Waals surface area (Å²) in [5, 5.41) is -2.11. The van der Waals surface area contributed by atoms with Crippen LogP contribution in [-0.2, 0) is 10.1 Å². The minimum Gasteiger partial charge on any atom is -0.323 e. The van der Waals surface area contributed by atoms with Crippen molar-refractivity contribution in [2.45, 2.75) is 62.5 Å². The lowest BCUT2D eigenvalue weighted by Crippen LogP contribution is -2.38. The minimum absolute atomic E-state index is 0.0935. The lowest BCUT2D eigenvalue weighted by molar-refractivity contribution is -0.135. The van der Waals surface area contributed by atoms with Gasteiger partial charge in [0.2, 0.25) is 0 Å². The van der Waals surface area contributed by atoms with Crippen LogP contribution in [0.2, 0.25) is 0 Å². The number of unbranched alkanes of at least 4 members (excludes halogenated alkanes) is 4. The summed E-state index contributed by atoms with van der Waals surface area (Å²) >= 11 is 0. The van der Waals surface area contributed by atoms with Crippen LogP contribution in [0.15, 0.2) is 0 Å². The largest absolute Gasteiger partial charge is 0.400 e. The number of halogens is 6. The molecule has 1 unspecified atom stereocenters. The highest BCUT2D eigenvalue weighted by molar-refractivity contribution is 7.86. The van der Waals surface area contributed by atoms with Crippen molar-refractivity contribution in [3.05, 3.63) is 0 Å². The second-order valence-corrected chi connectivity index (χ2v) is 6.42. The van der Waals surface area contributed by atoms with Gasteiger partial charge in [-0.3, -0.25) is 4.55 Å². The topological polar surface area (TPSA) is 66.4 Å². The van der Waals surface area contributed by atoms with Crippen LogP contribution in [0, 0.1) is 0 Å². The monoisotopic (exact) mass is 375 g/mol. The predicted octanol–water partition coefficient (Wildman–Crippen LogP) is 3.93. The molecule has 11 heteroatoms. The molecule has 0 aromatic heterocycles. The van der Waals surface area contributed by atoms with Crippen molar-refractivity contribution < 1.29 is 39.3 Å². The smallest absolute Gasteiger partial charge is 0.323 e. The van der Waals surface area contributed by atoms with Gasteiger partial charge < -0.3 is 5.32 Å². The van der Waals surface area contributed by atoms with Gasteiger partial charge in [-0.25, -0.2) is 4.39 Å². The van der Waals surface area contributed by atoms with Crippen LogP contribution < -0.4 is 5.32 Å². The van der Waals surface area contributed by atoms with E-state index in [0.29, 0.717) is 6.42 Å². The van der Waals surface area contributed by atoms with E-state index < -0.39 is 40.6 Å². The van der Waals surface area contributed by atoms with Crippen LogP contribution in [0.4, 0.5) is 26.3 Å². The van der Waals surface area contributed by atoms with Gasteiger partial charge in [-0.1, -0.05) is 25.7 Å². The van der Waals surface area contributed by atoms with Gasteiger partial charge in [0.05, 0.1) is 0 Å². The van der Waals surface area contributed by atoms with E-state index in [0.717, 1.165) is 0 Å². The fourth-order valence-corrected chi connectivity index (χ4v) is 1.95. The van der Waals surface area contributed by atoms with Crippen molar-refractivity contribution >= 4 is 10.1 Å². The molecular formula is C12H23F6NO3S. The zero-order valence-electron chi connectivity index (χ0n) is 13.0. The second kappa shape index (κ2) is 11.1. The van der Waals surface area contributed by atoms with Crippen molar-refractivity contribution in [1.82, 2.24) is 5.32 Å². The maximum Gasteiger partial charge on any atom is 0.400 e. The van der Waals surface area contributed by atoms with Gasteiger partial charge in [0, 0.05) is 6.42 Å². The van der Waals surface area contributed by atoms with Crippen molar-refractivity contribution in [2.75, 3.05) is 14.1 Å². The fourth-order valence-electron chi connectivity index (χ4n) is 1.51. The Morgan fingerprint density at radius 2 is 1.35 bits per heavy atom. The quantitative estimate of drug-likeness (QED) is 0.364. The maximum absolute atomic E-state index is 13.0. The van der Waals surface area contributed by atoms with Crippen LogP contribution in [-0.4, -0.2) is 44.7 Å². The van der Waals surface area contributed by atoms with E-state index >= 15 is 0 Å². The predicted molar refractivity (Wildman–Crippen MR) is 74.7 cm³/mol. The Labute approximate surface area is 132 Å². The molecule has 0 amide bonds. The van der Waals surface area contributed by atoms with E-state index in [4.69, 9.17) is 4.55 Å². The van der Waals surface area contributed by atoms with Crippen LogP contribution in [0.5, 0.6) is 0 Å². The molecule has 0 radical (unpaired) electrons. The first-order chi connectivity index (χ1) is 10.3. The van der Waals surface area contributed by atoms with Gasteiger partial charge in [-0.2, -0.15) is 30.4 Å². The van der Waals surface area contributed by atoms with Gasteiger partial charge in [-0.05, 0) is 26.9 Å². The average molecular weight is 375 g/mol. The minimum atomic E-state index is -5.80. The second-order valence-electron chi connectivity index (χ2n) is 4.93. The van der Waals surface area contributed by atoms with E-state index in [1.807, 2.05) is 14.1 Å². The maximum atomic E-state index is 13.0. The standard InChI is InChI=1S/C10H16F6O3S.C2H7N/c11-8(10(15,16)20(17,18)19)6-4-2-1-3-5-7-9(12,13)14;1-3-2/h8H,1-7H2,(H,17,18,19);3H,1-2H3. The van der Waals surface area contributed by atoms with Crippen LogP contribution in [0.3, 0.4) is 0 Å². The highest BCUT2D eigenvalue weighted by Crippen LogP contribution is 2.30. The Morgan fingerprint density at radius 3 is 1.74 bits per heavy atom. The molecule has 0 rings (SSSR count). The molecule has 0 aromatic carbocycles. The van der Waals surface area contributed by atoms with Crippen molar-refractivity contribution in [2.24, 2.45) is 0 Å². The van der Waals surface area contributed by atoms with E-state index in [1.54, 1.807) is 0 Å². The van der Waals surface area contributed by atoms with E-state index in [9.17, 15) is 34.8 Å². The third-order valence-corrected chi connectivity index (χ3v) is 3.57. The molecular weight excluding hydrogens is 352 g/mol. The summed E-state index contributed by atoms with van der Waals surface area (Å²) in [6, 6.07) is 0. The molecule has 0 aliphatic heterocycles. The summed E-state index contributed by atoms with van der Waals surface area (Å²) in [6.45, 7) is 0. The highest BCUT2D eigenvalue weighted by Gasteiger charge is 2.52. The zero-order valence-corrected chi connectivity index (χ0v) is 13.8. The molecule has 0 aromatic rings. The normalized spacial score (nSPS) is 14.1. The average Bonchev–Trinajstić information content (AvgIpc) is 2.35. The summed E-state index contributed by atoms with van der Waals surface area (Å²) < 4.78 is 102. The first-order valence-electron chi connectivity index (χ1n) is 6.93. The molecule has 0 spiro atoms. The lowest BCUT2D eigenvalue weighted by Gasteiger charge is -2.17. The molecule has 0 saturated carbocycles. The molecule has 142 valence electrons. The van der Waals surface area contributed by atoms with E-state index in [1.165, 1.54) is 0 Å². The van der Waals surface area contributed by atoms with Crippen LogP contribution in [0.1, 0.15) is 44.9 Å². The van der Waals surface area contributed by atoms with Gasteiger partial charge in [0.15, 0.2) is 6.17 Å². The Balaban J connectivity index is 0. The molecule has 23 heavy (non-hydrogen) atoms. The third-order valence-electron chi connectivity index (χ3n) is 2.63. The molecule has 1 atom stereocenters. The molecule has 0 aliphatic rings. The SMILES string of the molecule is CNC.O=S(=O)(O)C(F)(F)C(F)CCCCCCCC(F)(F)F. The number of hydrogen-bond donors (Lipinski definition) is 2. The molecule has 0 fully saturated rings. The Morgan fingerprint density at radius 1 is 0.957 bits per heavy atom. The first kappa shape index (κ1) is 24.7. The summed E-state index contributed by atoms with van der Waals surface area (Å²) in [6.07, 6.45) is -8.44. The number of hydrogen-bond acceptors (Lipinski definition) is 3. The van der Waals surface area contributed by atoms with Gasteiger partial charge in [-0.15, -0.1) is 0 Å². The van der Waals surface area contributed by atoms with Gasteiger partial charge in [0.1, 0.15) is 0 Å². The Bertz CT molecular complexity index is 400. The summed E-state index contributed by atoms with van der Waals surface area (Å²) in [5.41, 5.74) is 0. The summed E-state index contributed by atoms with van der Waals surface area (Å²) in [7, 11) is -2.05. The van der Waals surface area contributed by atoms with Crippen LogP contribution in [0.25, 0.3) is 0 Å². The van der Waals surface area contributed by atoms with E-state index in [2.05, 4.69) is 5.32 Å². The summed E-state index contributed by atoms with van der Waals surface area (Å²) in [4.78, 5) is 0. The Kier molecular flexibility index (Phi) is 11.9. The first-order valence-corrected chi connectivity index (χ1v) is 8.37. The summed E-state index contributed by atoms with van der Waals surface area (Å²) in [5.74, 6) is 0. The number of rotatable bonds is 9. The molecule has 0 aliphatic carbocycles. The lowest BCUT2D eigenvalue weighted by atomic mass is 10.1. The van der Waals surface area contributed by atoms with Crippen molar-refractivity contribution in [3.63, 3.8) is 0 Å². The molecule has 0 heterocycles. The Hall–Kier alpha value is -0.550. The van der Waals surface area contributed by atoms with Gasteiger partial charge >= 0.3 is 21.5 Å². The van der Waals surface area contributed by atoms with Crippen LogP contribution >= 0.6 is 0 Å². The highest BCUT2D eigenvalue weighted by atomic mass is 32.2. The number of nitrogens with one attached hydrogen (secondary N) is 1. The molecule has 0 bridgehead atoms. The third kappa shape index (κ3) is 12.5. The van der Waals surface area contributed by atoms with E-state index in [-0.39, 0.29) is 25.7 Å². The zero-order chi connectivity index (χ0) is 18.7. The molecule has 0 saturated heterocycles. The molecule has 4 nitrogen and oxygen atoms in total. The van der Waals surface area contributed by atoms with Crippen molar-refractivity contribution in [3.8, 4) is 0 Å².